The van der Waals surface area contributed by atoms with E-state index in [1.54, 1.807) is 5.32 Å². The minimum atomic E-state index is -4.74. The average molecular weight is 395 g/mol. The predicted octanol–water partition coefficient (Wildman–Crippen LogP) is 2.69. The second-order valence-electron chi connectivity index (χ2n) is 5.82. The van der Waals surface area contributed by atoms with Crippen LogP contribution < -0.4 is 15.7 Å². The number of ketones is 1. The number of phenols is 1. The Morgan fingerprint density at radius 2 is 1.71 bits per heavy atom. The van der Waals surface area contributed by atoms with Crippen LogP contribution in [-0.2, 0) is 11.0 Å². The number of hydrogen-bond donors (Lipinski definition) is 3. The fraction of sp³-hybridized carbons (Fsp3) is 0.167. The minimum Gasteiger partial charge on any atom is -0.530 e. The maximum absolute atomic E-state index is 13.1. The molecular formula is C18H14F3N2O5-. The number of anilines is 2. The highest BCUT2D eigenvalue weighted by Gasteiger charge is 2.33. The molecular weight excluding hydrogens is 381 g/mol. The third kappa shape index (κ3) is 5.22. The highest BCUT2D eigenvalue weighted by molar-refractivity contribution is 6.12. The van der Waals surface area contributed by atoms with E-state index >= 15 is 0 Å². The summed E-state index contributed by atoms with van der Waals surface area (Å²) in [6.07, 6.45) is -7.25. The van der Waals surface area contributed by atoms with Gasteiger partial charge in [-0.1, -0.05) is 12.1 Å². The number of alkyl halides is 3. The van der Waals surface area contributed by atoms with Gasteiger partial charge in [-0.15, -0.1) is 0 Å². The van der Waals surface area contributed by atoms with E-state index in [1.807, 2.05) is 0 Å². The molecule has 0 aromatic heterocycles. The molecule has 2 rings (SSSR count). The number of Topliss-reactive ketones (excluding diaryl/α,β-unsaturated/α-hetero) is 1. The number of rotatable bonds is 5. The first kappa shape index (κ1) is 20.7. The third-order valence-corrected chi connectivity index (χ3v) is 3.67. The highest BCUT2D eigenvalue weighted by atomic mass is 19.4. The van der Waals surface area contributed by atoms with Crippen LogP contribution in [0.2, 0.25) is 0 Å². The number of halogens is 3. The zero-order chi connectivity index (χ0) is 21.1. The first-order valence-electron chi connectivity index (χ1n) is 7.79. The van der Waals surface area contributed by atoms with E-state index < -0.39 is 41.6 Å². The van der Waals surface area contributed by atoms with Crippen LogP contribution in [-0.4, -0.2) is 22.9 Å². The first-order chi connectivity index (χ1) is 13.0. The van der Waals surface area contributed by atoms with Gasteiger partial charge in [0.15, 0.2) is 5.78 Å². The van der Waals surface area contributed by atoms with E-state index in [1.165, 1.54) is 18.2 Å². The van der Waals surface area contributed by atoms with Crippen LogP contribution in [0.3, 0.4) is 0 Å². The molecule has 148 valence electrons. The molecule has 0 spiro atoms. The molecule has 2 aromatic rings. The second kappa shape index (κ2) is 7.99. The minimum absolute atomic E-state index is 0.0307. The van der Waals surface area contributed by atoms with Crippen LogP contribution >= 0.6 is 0 Å². The maximum atomic E-state index is 13.1. The molecule has 0 saturated heterocycles. The zero-order valence-corrected chi connectivity index (χ0v) is 14.4. The van der Waals surface area contributed by atoms with Crippen molar-refractivity contribution in [3.05, 3.63) is 53.1 Å². The molecule has 0 saturated carbocycles. The van der Waals surface area contributed by atoms with E-state index in [0.717, 1.165) is 19.1 Å². The normalized spacial score (nSPS) is 11.0. The molecule has 0 heterocycles. The van der Waals surface area contributed by atoms with Crippen LogP contribution in [0.4, 0.5) is 29.3 Å². The van der Waals surface area contributed by atoms with Crippen LogP contribution in [0.15, 0.2) is 36.4 Å². The Morgan fingerprint density at radius 3 is 2.29 bits per heavy atom. The lowest BCUT2D eigenvalue weighted by Gasteiger charge is -2.18. The summed E-state index contributed by atoms with van der Waals surface area (Å²) >= 11 is 0. The number of amides is 2. The number of hydrogen-bond acceptors (Lipinski definition) is 5. The molecule has 0 atom stereocenters. The van der Waals surface area contributed by atoms with Crippen molar-refractivity contribution in [1.29, 1.82) is 0 Å². The van der Waals surface area contributed by atoms with Gasteiger partial charge in [-0.3, -0.25) is 9.59 Å². The Bertz CT molecular complexity index is 941. The summed E-state index contributed by atoms with van der Waals surface area (Å²) in [5.41, 5.74) is -2.13. The Hall–Kier alpha value is -3.56. The van der Waals surface area contributed by atoms with Crippen LogP contribution in [0.25, 0.3) is 0 Å². The molecule has 2 aromatic carbocycles. The average Bonchev–Trinajstić information content (AvgIpc) is 2.55. The van der Waals surface area contributed by atoms with E-state index in [9.17, 15) is 37.8 Å². The van der Waals surface area contributed by atoms with Crippen molar-refractivity contribution >= 4 is 29.2 Å². The number of aryl methyl sites for hydroxylation is 1. The summed E-state index contributed by atoms with van der Waals surface area (Å²) in [6.45, 7) is 1.13. The largest absolute Gasteiger partial charge is 0.530 e. The summed E-state index contributed by atoms with van der Waals surface area (Å²) in [5, 5.41) is 24.0. The molecule has 0 aliphatic carbocycles. The standard InChI is InChI=1S/C18H15F3N2O5/c1-9-5-13(23-17(27)28)14(7-12(9)18(19,20)21)22-16(26)8-15(25)10-3-2-4-11(24)6-10/h2-7,23-24H,8H2,1H3,(H,22,26)(H,27,28)/p-1. The van der Waals surface area contributed by atoms with Gasteiger partial charge in [0.05, 0.1) is 23.4 Å². The number of phenolic OH excluding ortho intramolecular Hbond substituents is 1. The van der Waals surface area contributed by atoms with E-state index in [4.69, 9.17) is 0 Å². The lowest BCUT2D eigenvalue weighted by atomic mass is 10.0. The van der Waals surface area contributed by atoms with Gasteiger partial charge in [-0.2, -0.15) is 13.2 Å². The number of nitrogens with one attached hydrogen (secondary N) is 2. The number of carbonyl (C=O) groups excluding carboxylic acids is 3. The van der Waals surface area contributed by atoms with Crippen LogP contribution in [0, 0.1) is 6.92 Å². The molecule has 0 radical (unpaired) electrons. The molecule has 10 heteroatoms. The lowest BCUT2D eigenvalue weighted by Crippen LogP contribution is -2.29. The van der Waals surface area contributed by atoms with Crippen molar-refractivity contribution < 1.29 is 37.8 Å². The van der Waals surface area contributed by atoms with Gasteiger partial charge in [-0.05, 0) is 36.8 Å². The molecule has 7 nitrogen and oxygen atoms in total. The van der Waals surface area contributed by atoms with Crippen molar-refractivity contribution in [3.8, 4) is 5.75 Å². The van der Waals surface area contributed by atoms with Gasteiger partial charge in [0.1, 0.15) is 11.8 Å². The Balaban J connectivity index is 2.28. The zero-order valence-electron chi connectivity index (χ0n) is 14.4. The summed E-state index contributed by atoms with van der Waals surface area (Å²) < 4.78 is 39.3. The Labute approximate surface area is 156 Å². The van der Waals surface area contributed by atoms with Gasteiger partial charge < -0.3 is 25.6 Å². The number of benzene rings is 2. The highest BCUT2D eigenvalue weighted by Crippen LogP contribution is 2.37. The second-order valence-corrected chi connectivity index (χ2v) is 5.82. The van der Waals surface area contributed by atoms with Gasteiger partial charge >= 0.3 is 6.18 Å². The maximum Gasteiger partial charge on any atom is 0.416 e. The summed E-state index contributed by atoms with van der Waals surface area (Å²) in [7, 11) is 0. The van der Waals surface area contributed by atoms with E-state index in [0.29, 0.717) is 6.07 Å². The number of aromatic hydroxyl groups is 1. The molecule has 0 unspecified atom stereocenters. The third-order valence-electron chi connectivity index (χ3n) is 3.67. The molecule has 0 aliphatic rings. The van der Waals surface area contributed by atoms with Crippen LogP contribution in [0.5, 0.6) is 5.75 Å². The monoisotopic (exact) mass is 395 g/mol. The summed E-state index contributed by atoms with van der Waals surface area (Å²) in [5.74, 6) is -1.85. The Kier molecular flexibility index (Phi) is 5.92. The van der Waals surface area contributed by atoms with Gasteiger partial charge in [0.2, 0.25) is 5.91 Å². The van der Waals surface area contributed by atoms with Gasteiger partial charge in [0.25, 0.3) is 0 Å². The summed E-state index contributed by atoms with van der Waals surface area (Å²) in [4.78, 5) is 34.9. The summed E-state index contributed by atoms with van der Waals surface area (Å²) in [6, 6.07) is 6.65. The fourth-order valence-electron chi connectivity index (χ4n) is 2.45. The van der Waals surface area contributed by atoms with Crippen molar-refractivity contribution in [2.45, 2.75) is 19.5 Å². The number of carbonyl (C=O) groups is 3. The first-order valence-corrected chi connectivity index (χ1v) is 7.79. The molecule has 0 aliphatic heterocycles. The van der Waals surface area contributed by atoms with Gasteiger partial charge in [-0.25, -0.2) is 0 Å². The molecule has 0 bridgehead atoms. The number of carboxylic acid groups (broad SMARTS) is 1. The quantitative estimate of drug-likeness (QED) is 0.531. The van der Waals surface area contributed by atoms with E-state index in [-0.39, 0.29) is 22.6 Å². The molecule has 2 amide bonds. The molecule has 28 heavy (non-hydrogen) atoms. The smallest absolute Gasteiger partial charge is 0.416 e. The van der Waals surface area contributed by atoms with Crippen molar-refractivity contribution in [2.24, 2.45) is 0 Å². The lowest BCUT2D eigenvalue weighted by molar-refractivity contribution is -0.242. The molecule has 3 N–H and O–H groups in total. The molecule has 0 fully saturated rings. The Morgan fingerprint density at radius 1 is 1.07 bits per heavy atom. The SMILES string of the molecule is Cc1cc(NC(=O)[O-])c(NC(=O)CC(=O)c2cccc(O)c2)cc1C(F)(F)F. The van der Waals surface area contributed by atoms with Crippen molar-refractivity contribution in [1.82, 2.24) is 0 Å². The fourth-order valence-corrected chi connectivity index (χ4v) is 2.45. The van der Waals surface area contributed by atoms with Gasteiger partial charge in [0, 0.05) is 5.56 Å². The topological polar surface area (TPSA) is 119 Å². The van der Waals surface area contributed by atoms with E-state index in [2.05, 4.69) is 5.32 Å². The predicted molar refractivity (Wildman–Crippen MR) is 90.9 cm³/mol. The van der Waals surface area contributed by atoms with Crippen molar-refractivity contribution in [3.63, 3.8) is 0 Å². The van der Waals surface area contributed by atoms with Crippen molar-refractivity contribution in [2.75, 3.05) is 10.6 Å². The van der Waals surface area contributed by atoms with Crippen LogP contribution in [0.1, 0.15) is 27.9 Å².